The van der Waals surface area contributed by atoms with E-state index in [9.17, 15) is 14.7 Å². The minimum absolute atomic E-state index is 0.00790. The van der Waals surface area contributed by atoms with Gasteiger partial charge < -0.3 is 19.5 Å². The zero-order valence-corrected chi connectivity index (χ0v) is 17.8. The fourth-order valence-electron chi connectivity index (χ4n) is 3.99. The molecule has 1 aromatic carbocycles. The van der Waals surface area contributed by atoms with E-state index in [1.54, 1.807) is 42.6 Å². The molecule has 2 atom stereocenters. The highest BCUT2D eigenvalue weighted by Gasteiger charge is 2.47. The van der Waals surface area contributed by atoms with Crippen LogP contribution in [0.2, 0.25) is 5.02 Å². The van der Waals surface area contributed by atoms with E-state index in [-0.39, 0.29) is 24.0 Å². The van der Waals surface area contributed by atoms with Gasteiger partial charge >= 0.3 is 0 Å². The molecule has 0 bridgehead atoms. The molecule has 2 fully saturated rings. The molecule has 0 spiro atoms. The average molecular weight is 443 g/mol. The largest absolute Gasteiger partial charge is 0.507 e. The van der Waals surface area contributed by atoms with Crippen LogP contribution < -0.4 is 4.74 Å². The van der Waals surface area contributed by atoms with Crippen LogP contribution in [0.15, 0.2) is 48.2 Å². The Bertz CT molecular complexity index is 1020. The fourth-order valence-corrected chi connectivity index (χ4v) is 4.17. The number of amides is 1. The minimum atomic E-state index is -0.809. The summed E-state index contributed by atoms with van der Waals surface area (Å²) < 4.78 is 11.2. The van der Waals surface area contributed by atoms with Gasteiger partial charge in [-0.25, -0.2) is 0 Å². The molecule has 0 saturated carbocycles. The van der Waals surface area contributed by atoms with Crippen molar-refractivity contribution in [3.63, 3.8) is 0 Å². The molecule has 0 radical (unpaired) electrons. The van der Waals surface area contributed by atoms with Crippen LogP contribution in [0, 0.1) is 0 Å². The van der Waals surface area contributed by atoms with Crippen molar-refractivity contribution in [2.45, 2.75) is 31.9 Å². The SMILES string of the molecule is CCOc1cc(/C(O)=C2/C(=O)C(=O)N(CC3CCCO3)C2c2ccccn2)ccc1Cl. The Balaban J connectivity index is 1.81. The van der Waals surface area contributed by atoms with Gasteiger partial charge in [0.15, 0.2) is 0 Å². The van der Waals surface area contributed by atoms with Crippen molar-refractivity contribution in [1.82, 2.24) is 9.88 Å². The Labute approximate surface area is 185 Å². The van der Waals surface area contributed by atoms with E-state index in [1.165, 1.54) is 4.90 Å². The normalized spacial score (nSPS) is 22.8. The summed E-state index contributed by atoms with van der Waals surface area (Å²) in [4.78, 5) is 31.8. The van der Waals surface area contributed by atoms with E-state index < -0.39 is 17.7 Å². The van der Waals surface area contributed by atoms with Gasteiger partial charge in [0.1, 0.15) is 17.6 Å². The predicted molar refractivity (Wildman–Crippen MR) is 115 cm³/mol. The number of Topliss-reactive ketones (excluding diaryl/α,β-unsaturated/α-hetero) is 1. The van der Waals surface area contributed by atoms with E-state index in [4.69, 9.17) is 21.1 Å². The topological polar surface area (TPSA) is 89.0 Å². The zero-order valence-electron chi connectivity index (χ0n) is 17.1. The highest BCUT2D eigenvalue weighted by Crippen LogP contribution is 2.40. The molecule has 162 valence electrons. The van der Waals surface area contributed by atoms with Gasteiger partial charge in [-0.05, 0) is 50.1 Å². The molecule has 4 rings (SSSR count). The second kappa shape index (κ2) is 9.08. The summed E-state index contributed by atoms with van der Waals surface area (Å²) in [6, 6.07) is 9.19. The number of aliphatic hydroxyl groups is 1. The van der Waals surface area contributed by atoms with Crippen LogP contribution in [0.4, 0.5) is 0 Å². The number of halogens is 1. The molecule has 31 heavy (non-hydrogen) atoms. The first-order chi connectivity index (χ1) is 15.0. The maximum Gasteiger partial charge on any atom is 0.295 e. The number of aromatic nitrogens is 1. The Morgan fingerprint density at radius 1 is 1.32 bits per heavy atom. The smallest absolute Gasteiger partial charge is 0.295 e. The van der Waals surface area contributed by atoms with E-state index >= 15 is 0 Å². The van der Waals surface area contributed by atoms with Gasteiger partial charge in [-0.15, -0.1) is 0 Å². The molecule has 7 nitrogen and oxygen atoms in total. The van der Waals surface area contributed by atoms with Crippen LogP contribution in [0.1, 0.15) is 37.1 Å². The van der Waals surface area contributed by atoms with Gasteiger partial charge in [0, 0.05) is 24.9 Å². The Morgan fingerprint density at radius 2 is 2.16 bits per heavy atom. The molecule has 2 aliphatic rings. The molecular weight excluding hydrogens is 420 g/mol. The van der Waals surface area contributed by atoms with E-state index in [0.29, 0.717) is 35.2 Å². The molecule has 1 aromatic heterocycles. The van der Waals surface area contributed by atoms with E-state index in [0.717, 1.165) is 12.8 Å². The summed E-state index contributed by atoms with van der Waals surface area (Å²) in [6.45, 7) is 3.10. The molecule has 2 saturated heterocycles. The number of carbonyl (C=O) groups excluding carboxylic acids is 2. The minimum Gasteiger partial charge on any atom is -0.507 e. The summed E-state index contributed by atoms with van der Waals surface area (Å²) in [7, 11) is 0. The molecule has 1 amide bonds. The number of aliphatic hydroxyl groups excluding tert-OH is 1. The first kappa shape index (κ1) is 21.3. The van der Waals surface area contributed by atoms with Crippen LogP contribution in [0.25, 0.3) is 5.76 Å². The monoisotopic (exact) mass is 442 g/mol. The Kier molecular flexibility index (Phi) is 6.25. The molecule has 2 unspecified atom stereocenters. The number of likely N-dealkylation sites (tertiary alicyclic amines) is 1. The molecule has 2 aliphatic heterocycles. The number of ether oxygens (including phenoxy) is 2. The number of pyridine rings is 1. The van der Waals surface area contributed by atoms with Gasteiger partial charge in [0.05, 0.1) is 29.0 Å². The Hall–Kier alpha value is -2.90. The third-order valence-electron chi connectivity index (χ3n) is 5.44. The number of rotatable bonds is 6. The maximum atomic E-state index is 13.0. The zero-order chi connectivity index (χ0) is 22.0. The summed E-state index contributed by atoms with van der Waals surface area (Å²) in [5.41, 5.74) is 0.829. The van der Waals surface area contributed by atoms with Crippen molar-refractivity contribution in [2.75, 3.05) is 19.8 Å². The number of benzene rings is 1. The first-order valence-corrected chi connectivity index (χ1v) is 10.6. The van der Waals surface area contributed by atoms with Crippen molar-refractivity contribution in [1.29, 1.82) is 0 Å². The molecule has 2 aromatic rings. The molecule has 8 heteroatoms. The van der Waals surface area contributed by atoms with Crippen LogP contribution in [0.3, 0.4) is 0 Å². The Morgan fingerprint density at radius 3 is 2.84 bits per heavy atom. The number of hydrogen-bond acceptors (Lipinski definition) is 6. The second-order valence-corrected chi connectivity index (χ2v) is 7.83. The number of carbonyl (C=O) groups is 2. The number of hydrogen-bond donors (Lipinski definition) is 1. The molecule has 3 heterocycles. The molecule has 0 aliphatic carbocycles. The van der Waals surface area contributed by atoms with Gasteiger partial charge in [-0.2, -0.15) is 0 Å². The highest BCUT2D eigenvalue weighted by atomic mass is 35.5. The fraction of sp³-hybridized carbons (Fsp3) is 0.348. The van der Waals surface area contributed by atoms with Gasteiger partial charge in [-0.1, -0.05) is 17.7 Å². The summed E-state index contributed by atoms with van der Waals surface area (Å²) in [6.07, 6.45) is 3.17. The van der Waals surface area contributed by atoms with Gasteiger partial charge in [0.2, 0.25) is 0 Å². The lowest BCUT2D eigenvalue weighted by Crippen LogP contribution is -2.36. The standard InChI is InChI=1S/C23H23ClN2O5/c1-2-30-18-12-14(8-9-16(18)24)21(27)19-20(17-7-3-4-10-25-17)26(23(29)22(19)28)13-15-6-5-11-31-15/h3-4,7-10,12,15,20,27H,2,5-6,11,13H2,1H3/b21-19-. The average Bonchev–Trinajstić information content (AvgIpc) is 3.38. The van der Waals surface area contributed by atoms with Crippen molar-refractivity contribution < 1.29 is 24.2 Å². The van der Waals surface area contributed by atoms with Gasteiger partial charge in [-0.3, -0.25) is 14.6 Å². The van der Waals surface area contributed by atoms with Crippen LogP contribution in [-0.2, 0) is 14.3 Å². The number of nitrogens with zero attached hydrogens (tertiary/aromatic N) is 2. The summed E-state index contributed by atoms with van der Waals surface area (Å²) in [5.74, 6) is -1.33. The van der Waals surface area contributed by atoms with Crippen molar-refractivity contribution >= 4 is 29.1 Å². The molecule has 1 N–H and O–H groups in total. The van der Waals surface area contributed by atoms with E-state index in [1.807, 2.05) is 6.92 Å². The summed E-state index contributed by atoms with van der Waals surface area (Å²) >= 11 is 6.16. The second-order valence-electron chi connectivity index (χ2n) is 7.42. The quantitative estimate of drug-likeness (QED) is 0.416. The van der Waals surface area contributed by atoms with Crippen molar-refractivity contribution in [3.05, 3.63) is 64.4 Å². The maximum absolute atomic E-state index is 13.0. The van der Waals surface area contributed by atoms with Crippen molar-refractivity contribution in [2.24, 2.45) is 0 Å². The van der Waals surface area contributed by atoms with Crippen molar-refractivity contribution in [3.8, 4) is 5.75 Å². The van der Waals surface area contributed by atoms with Crippen LogP contribution in [0.5, 0.6) is 5.75 Å². The summed E-state index contributed by atoms with van der Waals surface area (Å²) in [5, 5.41) is 11.5. The first-order valence-electron chi connectivity index (χ1n) is 10.2. The van der Waals surface area contributed by atoms with Crippen LogP contribution >= 0.6 is 11.6 Å². The lowest BCUT2D eigenvalue weighted by molar-refractivity contribution is -0.140. The van der Waals surface area contributed by atoms with E-state index in [2.05, 4.69) is 4.98 Å². The van der Waals surface area contributed by atoms with Gasteiger partial charge in [0.25, 0.3) is 11.7 Å². The van der Waals surface area contributed by atoms with Crippen LogP contribution in [-0.4, -0.2) is 52.5 Å². The third-order valence-corrected chi connectivity index (χ3v) is 5.75. The predicted octanol–water partition coefficient (Wildman–Crippen LogP) is 3.73. The number of ketones is 1. The molecular formula is C23H23ClN2O5. The lowest BCUT2D eigenvalue weighted by Gasteiger charge is -2.26. The third kappa shape index (κ3) is 4.16. The highest BCUT2D eigenvalue weighted by molar-refractivity contribution is 6.46. The lowest BCUT2D eigenvalue weighted by atomic mass is 9.98.